The van der Waals surface area contributed by atoms with E-state index < -0.39 is 0 Å². The van der Waals surface area contributed by atoms with Crippen LogP contribution in [0.2, 0.25) is 0 Å². The monoisotopic (exact) mass is 474 g/mol. The number of carbonyl (C=O) groups excluding carboxylic acids is 1. The van der Waals surface area contributed by atoms with E-state index in [2.05, 4.69) is 22.2 Å². The number of aryl methyl sites for hydroxylation is 1. The SMILES string of the molecule is Cc1nc2c3ccccc3nc(SCC(=O)N3CCCC(c4nc5ccccc5s4)C3)n2n1. The maximum Gasteiger partial charge on any atom is 0.233 e. The van der Waals surface area contributed by atoms with Gasteiger partial charge in [-0.25, -0.2) is 15.0 Å². The van der Waals surface area contributed by atoms with Crippen LogP contribution in [0.15, 0.2) is 53.7 Å². The molecular formula is C24H22N6OS2. The van der Waals surface area contributed by atoms with Crippen molar-refractivity contribution in [3.63, 3.8) is 0 Å². The van der Waals surface area contributed by atoms with Crippen molar-refractivity contribution in [1.82, 2.24) is 29.5 Å². The third-order valence-corrected chi connectivity index (χ3v) is 8.13. The Morgan fingerprint density at radius 3 is 2.79 bits per heavy atom. The second-order valence-electron chi connectivity index (χ2n) is 8.29. The molecule has 5 aromatic rings. The molecule has 1 aliphatic heterocycles. The van der Waals surface area contributed by atoms with Gasteiger partial charge in [-0.2, -0.15) is 4.52 Å². The van der Waals surface area contributed by atoms with Gasteiger partial charge in [0.1, 0.15) is 5.82 Å². The zero-order valence-corrected chi connectivity index (χ0v) is 19.8. The van der Waals surface area contributed by atoms with E-state index in [9.17, 15) is 4.79 Å². The van der Waals surface area contributed by atoms with Crippen LogP contribution in [-0.2, 0) is 4.79 Å². The van der Waals surface area contributed by atoms with E-state index in [1.165, 1.54) is 16.5 Å². The Morgan fingerprint density at radius 2 is 1.91 bits per heavy atom. The van der Waals surface area contributed by atoms with Crippen LogP contribution in [0, 0.1) is 6.92 Å². The second-order valence-corrected chi connectivity index (χ2v) is 10.3. The van der Waals surface area contributed by atoms with Crippen LogP contribution in [0.3, 0.4) is 0 Å². The number of amides is 1. The highest BCUT2D eigenvalue weighted by molar-refractivity contribution is 7.99. The second kappa shape index (κ2) is 8.39. The molecule has 33 heavy (non-hydrogen) atoms. The normalized spacial score (nSPS) is 16.8. The quantitative estimate of drug-likeness (QED) is 0.278. The molecule has 0 spiro atoms. The zero-order chi connectivity index (χ0) is 22.4. The summed E-state index contributed by atoms with van der Waals surface area (Å²) in [6.07, 6.45) is 2.07. The summed E-state index contributed by atoms with van der Waals surface area (Å²) in [6, 6.07) is 16.1. The smallest absolute Gasteiger partial charge is 0.233 e. The van der Waals surface area contributed by atoms with Gasteiger partial charge < -0.3 is 4.90 Å². The molecule has 2 aromatic carbocycles. The molecule has 1 saturated heterocycles. The average Bonchev–Trinajstić information content (AvgIpc) is 3.46. The van der Waals surface area contributed by atoms with Crippen molar-refractivity contribution in [2.75, 3.05) is 18.8 Å². The van der Waals surface area contributed by atoms with Gasteiger partial charge in [-0.1, -0.05) is 36.0 Å². The van der Waals surface area contributed by atoms with E-state index in [0.29, 0.717) is 22.7 Å². The predicted octanol–water partition coefficient (Wildman–Crippen LogP) is 4.69. The molecule has 1 fully saturated rings. The number of carbonyl (C=O) groups is 1. The number of hydrogen-bond acceptors (Lipinski definition) is 7. The lowest BCUT2D eigenvalue weighted by atomic mass is 9.99. The highest BCUT2D eigenvalue weighted by atomic mass is 32.2. The fourth-order valence-electron chi connectivity index (χ4n) is 4.41. The number of para-hydroxylation sites is 2. The van der Waals surface area contributed by atoms with Crippen molar-refractivity contribution < 1.29 is 4.79 Å². The molecule has 4 heterocycles. The van der Waals surface area contributed by atoms with E-state index in [1.54, 1.807) is 15.9 Å². The number of thioether (sulfide) groups is 1. The van der Waals surface area contributed by atoms with Crippen LogP contribution in [0.25, 0.3) is 26.8 Å². The first-order chi connectivity index (χ1) is 16.2. The van der Waals surface area contributed by atoms with Gasteiger partial charge in [0.15, 0.2) is 10.8 Å². The number of hydrogen-bond donors (Lipinski definition) is 0. The van der Waals surface area contributed by atoms with Gasteiger partial charge >= 0.3 is 0 Å². The molecule has 1 unspecified atom stereocenters. The minimum absolute atomic E-state index is 0.130. The van der Waals surface area contributed by atoms with Gasteiger partial charge in [-0.3, -0.25) is 4.79 Å². The van der Waals surface area contributed by atoms with Gasteiger partial charge in [0, 0.05) is 24.4 Å². The molecule has 0 aliphatic carbocycles. The predicted molar refractivity (Wildman–Crippen MR) is 132 cm³/mol. The van der Waals surface area contributed by atoms with E-state index >= 15 is 0 Å². The maximum atomic E-state index is 13.1. The lowest BCUT2D eigenvalue weighted by molar-refractivity contribution is -0.129. The standard InChI is InChI=1S/C24H22N6OS2/c1-15-25-22-17-8-2-3-9-18(17)27-24(30(22)28-15)32-14-21(31)29-12-6-7-16(13-29)23-26-19-10-4-5-11-20(19)33-23/h2-5,8-11,16H,6-7,12-14H2,1H3. The number of thiazole rings is 1. The molecule has 3 aromatic heterocycles. The molecule has 166 valence electrons. The molecule has 0 radical (unpaired) electrons. The van der Waals surface area contributed by atoms with Crippen molar-refractivity contribution in [1.29, 1.82) is 0 Å². The van der Waals surface area contributed by atoms with Crippen LogP contribution in [0.5, 0.6) is 0 Å². The number of aromatic nitrogens is 5. The fraction of sp³-hybridized carbons (Fsp3) is 0.292. The lowest BCUT2D eigenvalue weighted by Crippen LogP contribution is -2.40. The Morgan fingerprint density at radius 1 is 1.09 bits per heavy atom. The first-order valence-corrected chi connectivity index (χ1v) is 12.8. The molecule has 0 N–H and O–H groups in total. The Hall–Kier alpha value is -3.04. The lowest BCUT2D eigenvalue weighted by Gasteiger charge is -2.31. The third kappa shape index (κ3) is 3.85. The summed E-state index contributed by atoms with van der Waals surface area (Å²) < 4.78 is 2.97. The Balaban J connectivity index is 1.20. The highest BCUT2D eigenvalue weighted by Gasteiger charge is 2.27. The Labute approximate surface area is 198 Å². The van der Waals surface area contributed by atoms with Crippen LogP contribution >= 0.6 is 23.1 Å². The molecular weight excluding hydrogens is 452 g/mol. The summed E-state index contributed by atoms with van der Waals surface area (Å²) in [7, 11) is 0. The maximum absolute atomic E-state index is 13.1. The van der Waals surface area contributed by atoms with Crippen molar-refractivity contribution in [3.05, 3.63) is 59.4 Å². The van der Waals surface area contributed by atoms with Gasteiger partial charge in [-0.05, 0) is 44.0 Å². The molecule has 0 bridgehead atoms. The summed E-state index contributed by atoms with van der Waals surface area (Å²) in [5.74, 6) is 1.45. The largest absolute Gasteiger partial charge is 0.341 e. The van der Waals surface area contributed by atoms with Crippen LogP contribution in [-0.4, -0.2) is 54.2 Å². The topological polar surface area (TPSA) is 76.3 Å². The van der Waals surface area contributed by atoms with Crippen molar-refractivity contribution in [2.24, 2.45) is 0 Å². The minimum Gasteiger partial charge on any atom is -0.341 e. The van der Waals surface area contributed by atoms with Crippen LogP contribution in [0.1, 0.15) is 29.6 Å². The first kappa shape index (κ1) is 20.6. The van der Waals surface area contributed by atoms with E-state index in [4.69, 9.17) is 9.97 Å². The molecule has 6 rings (SSSR count). The summed E-state index contributed by atoms with van der Waals surface area (Å²) in [4.78, 5) is 29.3. The number of likely N-dealkylation sites (tertiary alicyclic amines) is 1. The van der Waals surface area contributed by atoms with E-state index in [-0.39, 0.29) is 5.91 Å². The molecule has 1 amide bonds. The van der Waals surface area contributed by atoms with E-state index in [0.717, 1.165) is 53.0 Å². The number of rotatable bonds is 4. The number of fused-ring (bicyclic) bond motifs is 4. The van der Waals surface area contributed by atoms with E-state index in [1.807, 2.05) is 48.2 Å². The summed E-state index contributed by atoms with van der Waals surface area (Å²) in [6.45, 7) is 3.39. The summed E-state index contributed by atoms with van der Waals surface area (Å²) >= 11 is 3.18. The molecule has 7 nitrogen and oxygen atoms in total. The average molecular weight is 475 g/mol. The van der Waals surface area contributed by atoms with Gasteiger partial charge in [0.2, 0.25) is 5.91 Å². The fourth-order valence-corrected chi connectivity index (χ4v) is 6.36. The van der Waals surface area contributed by atoms with Crippen LogP contribution < -0.4 is 0 Å². The Kier molecular flexibility index (Phi) is 5.22. The minimum atomic E-state index is 0.130. The Bertz CT molecular complexity index is 1460. The molecule has 9 heteroatoms. The molecule has 1 atom stereocenters. The van der Waals surface area contributed by atoms with Gasteiger partial charge in [-0.15, -0.1) is 16.4 Å². The van der Waals surface area contributed by atoms with Crippen LogP contribution in [0.4, 0.5) is 0 Å². The van der Waals surface area contributed by atoms with Crippen molar-refractivity contribution >= 4 is 55.8 Å². The third-order valence-electron chi connectivity index (χ3n) is 6.01. The molecule has 1 aliphatic rings. The molecule has 0 saturated carbocycles. The van der Waals surface area contributed by atoms with Crippen molar-refractivity contribution in [2.45, 2.75) is 30.8 Å². The van der Waals surface area contributed by atoms with Gasteiger partial charge in [0.25, 0.3) is 0 Å². The zero-order valence-electron chi connectivity index (χ0n) is 18.1. The van der Waals surface area contributed by atoms with Gasteiger partial charge in [0.05, 0.1) is 26.5 Å². The number of nitrogens with zero attached hydrogens (tertiary/aromatic N) is 6. The highest BCUT2D eigenvalue weighted by Crippen LogP contribution is 2.33. The summed E-state index contributed by atoms with van der Waals surface area (Å²) in [5.41, 5.74) is 2.69. The first-order valence-electron chi connectivity index (χ1n) is 11.0. The summed E-state index contributed by atoms with van der Waals surface area (Å²) in [5, 5.41) is 7.31. The van der Waals surface area contributed by atoms with Crippen molar-refractivity contribution in [3.8, 4) is 0 Å². The number of piperidine rings is 1. The number of benzene rings is 2.